The molecule has 2 unspecified atom stereocenters. The molecule has 1 aromatic rings. The summed E-state index contributed by atoms with van der Waals surface area (Å²) in [6.45, 7) is 1.10. The Labute approximate surface area is 171 Å². The number of rotatable bonds is 5. The third-order valence-corrected chi connectivity index (χ3v) is 8.64. The zero-order valence-corrected chi connectivity index (χ0v) is 17.1. The first kappa shape index (κ1) is 18.9. The van der Waals surface area contributed by atoms with Crippen molar-refractivity contribution >= 4 is 17.5 Å². The van der Waals surface area contributed by atoms with E-state index in [0.717, 1.165) is 38.6 Å². The molecule has 0 radical (unpaired) electrons. The Hall–Kier alpha value is -1.13. The van der Waals surface area contributed by atoms with E-state index in [4.69, 9.17) is 11.6 Å². The molecule has 5 heteroatoms. The van der Waals surface area contributed by atoms with Crippen molar-refractivity contribution in [1.82, 2.24) is 10.6 Å². The fourth-order valence-electron chi connectivity index (χ4n) is 7.59. The average molecular weight is 405 g/mol. The minimum atomic E-state index is -1.00. The summed E-state index contributed by atoms with van der Waals surface area (Å²) in [6.07, 6.45) is 5.72. The Bertz CT molecular complexity index is 760. The number of amides is 1. The third-order valence-electron chi connectivity index (χ3n) is 8.45. The lowest BCUT2D eigenvalue weighted by Gasteiger charge is -2.41. The summed E-state index contributed by atoms with van der Waals surface area (Å²) in [5.41, 5.74) is 1.04. The number of piperidine rings is 1. The maximum Gasteiger partial charge on any atom is 0.227 e. The van der Waals surface area contributed by atoms with Crippen LogP contribution in [-0.2, 0) is 10.2 Å². The van der Waals surface area contributed by atoms with Gasteiger partial charge in [-0.05, 0) is 73.8 Å². The lowest BCUT2D eigenvalue weighted by atomic mass is 9.63. The van der Waals surface area contributed by atoms with E-state index in [0.29, 0.717) is 24.8 Å². The molecule has 4 aliphatic carbocycles. The van der Waals surface area contributed by atoms with Gasteiger partial charge < -0.3 is 10.6 Å². The van der Waals surface area contributed by atoms with Crippen molar-refractivity contribution in [2.45, 2.75) is 62.6 Å². The first-order valence-electron chi connectivity index (χ1n) is 10.8. The Morgan fingerprint density at radius 2 is 2.04 bits per heavy atom. The van der Waals surface area contributed by atoms with E-state index in [1.807, 2.05) is 0 Å². The van der Waals surface area contributed by atoms with Crippen molar-refractivity contribution in [1.29, 1.82) is 0 Å². The minimum absolute atomic E-state index is 0.0314. The predicted octanol–water partition coefficient (Wildman–Crippen LogP) is 3.95. The van der Waals surface area contributed by atoms with Crippen LogP contribution >= 0.6 is 11.6 Å². The summed E-state index contributed by atoms with van der Waals surface area (Å²) in [6, 6.07) is 10.4. The first-order valence-corrected chi connectivity index (χ1v) is 11.3. The van der Waals surface area contributed by atoms with Crippen LogP contribution in [0.4, 0.5) is 4.39 Å². The smallest absolute Gasteiger partial charge is 0.227 e. The van der Waals surface area contributed by atoms with Crippen LogP contribution in [0.5, 0.6) is 0 Å². The molecule has 1 aliphatic heterocycles. The van der Waals surface area contributed by atoms with Gasteiger partial charge in [0.25, 0.3) is 0 Å². The molecule has 4 saturated carbocycles. The Kier molecular flexibility index (Phi) is 4.52. The van der Waals surface area contributed by atoms with Crippen LogP contribution in [0.15, 0.2) is 30.3 Å². The molecule has 2 N–H and O–H groups in total. The molecule has 152 valence electrons. The molecule has 6 atom stereocenters. The van der Waals surface area contributed by atoms with Gasteiger partial charge in [-0.3, -0.25) is 4.79 Å². The van der Waals surface area contributed by atoms with Gasteiger partial charge in [-0.15, -0.1) is 11.6 Å². The van der Waals surface area contributed by atoms with Crippen LogP contribution in [-0.4, -0.2) is 37.1 Å². The van der Waals surface area contributed by atoms with Crippen molar-refractivity contribution < 1.29 is 9.18 Å². The normalized spacial score (nSPS) is 44.0. The number of hydrogen-bond acceptors (Lipinski definition) is 2. The Balaban J connectivity index is 1.49. The molecule has 0 aromatic heterocycles. The average Bonchev–Trinajstić information content (AvgIpc) is 3.03. The molecule has 5 fully saturated rings. The van der Waals surface area contributed by atoms with Gasteiger partial charge in [-0.1, -0.05) is 30.3 Å². The maximum absolute atomic E-state index is 14.4. The van der Waals surface area contributed by atoms with Crippen molar-refractivity contribution in [2.24, 2.45) is 16.7 Å². The first-order chi connectivity index (χ1) is 13.5. The summed E-state index contributed by atoms with van der Waals surface area (Å²) in [5.74, 6) is 1.27. The van der Waals surface area contributed by atoms with Gasteiger partial charge in [-0.2, -0.15) is 0 Å². The number of halogens is 2. The van der Waals surface area contributed by atoms with Crippen LogP contribution in [0.2, 0.25) is 0 Å². The summed E-state index contributed by atoms with van der Waals surface area (Å²) in [5, 5.41) is 6.25. The van der Waals surface area contributed by atoms with Crippen LogP contribution < -0.4 is 10.6 Å². The third kappa shape index (κ3) is 2.60. The van der Waals surface area contributed by atoms with Gasteiger partial charge in [0.2, 0.25) is 5.91 Å². The van der Waals surface area contributed by atoms with Crippen LogP contribution in [0.25, 0.3) is 0 Å². The maximum atomic E-state index is 14.4. The number of benzene rings is 1. The summed E-state index contributed by atoms with van der Waals surface area (Å²) in [7, 11) is 0. The second-order valence-electron chi connectivity index (χ2n) is 9.87. The largest absolute Gasteiger partial charge is 0.350 e. The molecule has 1 amide bonds. The molecule has 1 aromatic carbocycles. The van der Waals surface area contributed by atoms with Gasteiger partial charge in [0, 0.05) is 12.4 Å². The topological polar surface area (TPSA) is 41.1 Å². The standard InChI is InChI=1S/C23H30ClFN2O/c24-8-7-22-11-16-10-21(14-22,17-4-2-1-3-5-17)15-23(22,12-16)20(28)27-19-6-9-26-13-18(19)25/h1-5,16,18-19,26H,6-15H2,(H,27,28)/t16?,18-,19+,21+,22+,23?/m0/s1. The number of hydrogen-bond donors (Lipinski definition) is 2. The molecule has 6 rings (SSSR count). The fraction of sp³-hybridized carbons (Fsp3) is 0.696. The summed E-state index contributed by atoms with van der Waals surface area (Å²) >= 11 is 6.28. The van der Waals surface area contributed by atoms with Gasteiger partial charge in [0.1, 0.15) is 6.17 Å². The highest BCUT2D eigenvalue weighted by atomic mass is 35.5. The molecular formula is C23H30ClFN2O. The van der Waals surface area contributed by atoms with E-state index in [2.05, 4.69) is 41.0 Å². The second kappa shape index (κ2) is 6.70. The van der Waals surface area contributed by atoms with E-state index in [-0.39, 0.29) is 28.2 Å². The van der Waals surface area contributed by atoms with Crippen molar-refractivity contribution in [3.8, 4) is 0 Å². The number of nitrogens with one attached hydrogen (secondary N) is 2. The molecule has 3 nitrogen and oxygen atoms in total. The Morgan fingerprint density at radius 1 is 1.21 bits per heavy atom. The molecule has 4 bridgehead atoms. The van der Waals surface area contributed by atoms with Gasteiger partial charge >= 0.3 is 0 Å². The number of alkyl halides is 2. The molecule has 1 heterocycles. The molecule has 28 heavy (non-hydrogen) atoms. The molecule has 5 aliphatic rings. The van der Waals surface area contributed by atoms with E-state index in [1.54, 1.807) is 0 Å². The highest BCUT2D eigenvalue weighted by Crippen LogP contribution is 2.77. The lowest BCUT2D eigenvalue weighted by Crippen LogP contribution is -2.56. The van der Waals surface area contributed by atoms with Crippen molar-refractivity contribution in [2.75, 3.05) is 19.0 Å². The van der Waals surface area contributed by atoms with Gasteiger partial charge in [-0.25, -0.2) is 4.39 Å². The number of carbonyl (C=O) groups excluding carboxylic acids is 1. The highest BCUT2D eigenvalue weighted by molar-refractivity contribution is 6.17. The van der Waals surface area contributed by atoms with Crippen molar-refractivity contribution in [3.63, 3.8) is 0 Å². The lowest BCUT2D eigenvalue weighted by molar-refractivity contribution is -0.138. The Morgan fingerprint density at radius 3 is 2.79 bits per heavy atom. The van der Waals surface area contributed by atoms with Crippen LogP contribution in [0, 0.1) is 16.7 Å². The zero-order valence-electron chi connectivity index (χ0n) is 16.4. The minimum Gasteiger partial charge on any atom is -0.350 e. The quantitative estimate of drug-likeness (QED) is 0.729. The monoisotopic (exact) mass is 404 g/mol. The van der Waals surface area contributed by atoms with E-state index >= 15 is 0 Å². The number of carbonyl (C=O) groups is 1. The second-order valence-corrected chi connectivity index (χ2v) is 10.2. The van der Waals surface area contributed by atoms with Gasteiger partial charge in [0.15, 0.2) is 0 Å². The van der Waals surface area contributed by atoms with E-state index in [9.17, 15) is 9.18 Å². The van der Waals surface area contributed by atoms with E-state index < -0.39 is 6.17 Å². The van der Waals surface area contributed by atoms with Gasteiger partial charge in [0.05, 0.1) is 11.5 Å². The van der Waals surface area contributed by atoms with E-state index in [1.165, 1.54) is 12.0 Å². The van der Waals surface area contributed by atoms with Crippen molar-refractivity contribution in [3.05, 3.63) is 35.9 Å². The van der Waals surface area contributed by atoms with Crippen LogP contribution in [0.1, 0.15) is 50.5 Å². The zero-order chi connectivity index (χ0) is 19.4. The SMILES string of the molecule is O=C(N[C@@H]1CCNC[C@@H]1F)C12CC3C[C@](c4ccccc4)(C1)C[C@@]2(CCCl)C3. The molecular weight excluding hydrogens is 375 g/mol. The fourth-order valence-corrected chi connectivity index (χ4v) is 7.95. The summed E-state index contributed by atoms with van der Waals surface area (Å²) in [4.78, 5) is 13.7. The van der Waals surface area contributed by atoms with Crippen LogP contribution in [0.3, 0.4) is 0 Å². The molecule has 0 spiro atoms. The molecule has 1 saturated heterocycles. The summed E-state index contributed by atoms with van der Waals surface area (Å²) < 4.78 is 14.4. The predicted molar refractivity (Wildman–Crippen MR) is 109 cm³/mol. The highest BCUT2D eigenvalue weighted by Gasteiger charge is 2.74.